The maximum atomic E-state index is 13.9. The van der Waals surface area contributed by atoms with Gasteiger partial charge in [-0.2, -0.15) is 5.10 Å². The maximum absolute atomic E-state index is 13.9. The summed E-state index contributed by atoms with van der Waals surface area (Å²) in [5.41, 5.74) is 10.2. The lowest BCUT2D eigenvalue weighted by Crippen LogP contribution is -2.55. The third kappa shape index (κ3) is 5.89. The van der Waals surface area contributed by atoms with Crippen LogP contribution in [0.4, 0.5) is 5.82 Å². The van der Waals surface area contributed by atoms with Crippen molar-refractivity contribution < 1.29 is 14.3 Å². The zero-order chi connectivity index (χ0) is 32.4. The number of benzene rings is 1. The highest BCUT2D eigenvalue weighted by molar-refractivity contribution is 5.87. The number of piperazine rings is 1. The first kappa shape index (κ1) is 31.3. The Hall–Kier alpha value is -4.29. The summed E-state index contributed by atoms with van der Waals surface area (Å²) in [7, 11) is 3.39. The Kier molecular flexibility index (Phi) is 8.96. The minimum absolute atomic E-state index is 0.0321. The molecule has 1 spiro atoms. The molecular weight excluding hydrogens is 594 g/mol. The van der Waals surface area contributed by atoms with Crippen molar-refractivity contribution in [1.82, 2.24) is 34.5 Å². The average Bonchev–Trinajstić information content (AvgIpc) is 3.54. The van der Waals surface area contributed by atoms with Gasteiger partial charge in [-0.05, 0) is 80.5 Å². The summed E-state index contributed by atoms with van der Waals surface area (Å²) in [6, 6.07) is 10.2. The molecule has 12 nitrogen and oxygen atoms in total. The van der Waals surface area contributed by atoms with Crippen LogP contribution >= 0.6 is 0 Å². The number of carbonyl (C=O) groups is 1. The number of fused-ring (bicyclic) bond motifs is 3. The number of nitrogens with two attached hydrogens (primary N) is 1. The highest BCUT2D eigenvalue weighted by Crippen LogP contribution is 2.50. The number of anilines is 1. The third-order valence-electron chi connectivity index (χ3n) is 10.5. The molecule has 1 aliphatic carbocycles. The van der Waals surface area contributed by atoms with Crippen LogP contribution in [0.25, 0.3) is 11.0 Å². The number of pyridine rings is 1. The highest BCUT2D eigenvalue weighted by atomic mass is 16.5. The Balaban J connectivity index is 1.02. The zero-order valence-corrected chi connectivity index (χ0v) is 27.5. The van der Waals surface area contributed by atoms with E-state index in [1.54, 1.807) is 26.7 Å². The molecule has 4 aromatic rings. The first-order chi connectivity index (χ1) is 23.0. The van der Waals surface area contributed by atoms with E-state index < -0.39 is 0 Å². The van der Waals surface area contributed by atoms with Gasteiger partial charge in [-0.25, -0.2) is 14.6 Å². The van der Waals surface area contributed by atoms with E-state index in [1.807, 2.05) is 29.1 Å². The minimum Gasteiger partial charge on any atom is -0.493 e. The van der Waals surface area contributed by atoms with Crippen LogP contribution in [0.5, 0.6) is 11.5 Å². The van der Waals surface area contributed by atoms with Gasteiger partial charge in [0.05, 0.1) is 38.0 Å². The van der Waals surface area contributed by atoms with Crippen molar-refractivity contribution in [2.24, 2.45) is 11.7 Å². The largest absolute Gasteiger partial charge is 0.493 e. The molecule has 1 aromatic carbocycles. The fourth-order valence-corrected chi connectivity index (χ4v) is 8.03. The maximum Gasteiger partial charge on any atom is 0.225 e. The molecule has 2 N–H and O–H groups in total. The molecule has 47 heavy (non-hydrogen) atoms. The fourth-order valence-electron chi connectivity index (χ4n) is 8.03. The van der Waals surface area contributed by atoms with Crippen molar-refractivity contribution in [3.05, 3.63) is 65.9 Å². The predicted octanol–water partition coefficient (Wildman–Crippen LogP) is 3.23. The summed E-state index contributed by atoms with van der Waals surface area (Å²) < 4.78 is 13.2. The van der Waals surface area contributed by atoms with Crippen LogP contribution in [0, 0.1) is 5.92 Å². The van der Waals surface area contributed by atoms with E-state index in [4.69, 9.17) is 15.2 Å². The lowest BCUT2D eigenvalue weighted by Gasteiger charge is -2.52. The molecule has 12 heteroatoms. The van der Waals surface area contributed by atoms with Gasteiger partial charge in [0.1, 0.15) is 12.1 Å². The van der Waals surface area contributed by atoms with E-state index in [-0.39, 0.29) is 17.4 Å². The number of methoxy groups -OCH3 is 2. The highest BCUT2D eigenvalue weighted by Gasteiger charge is 2.47. The number of rotatable bonds is 9. The smallest absolute Gasteiger partial charge is 0.225 e. The van der Waals surface area contributed by atoms with Gasteiger partial charge >= 0.3 is 0 Å². The number of hydrogen-bond donors (Lipinski definition) is 1. The van der Waals surface area contributed by atoms with Crippen LogP contribution in [-0.2, 0) is 23.3 Å². The van der Waals surface area contributed by atoms with Gasteiger partial charge in [0, 0.05) is 56.9 Å². The lowest BCUT2D eigenvalue weighted by molar-refractivity contribution is -0.138. The summed E-state index contributed by atoms with van der Waals surface area (Å²) >= 11 is 0. The molecule has 2 fully saturated rings. The number of ether oxygens (including phenoxy) is 2. The van der Waals surface area contributed by atoms with Crippen molar-refractivity contribution >= 4 is 22.8 Å². The van der Waals surface area contributed by atoms with E-state index in [1.165, 1.54) is 11.1 Å². The van der Waals surface area contributed by atoms with E-state index in [0.717, 1.165) is 98.7 Å². The second-order valence-electron chi connectivity index (χ2n) is 12.9. The van der Waals surface area contributed by atoms with Crippen LogP contribution in [-0.4, -0.2) is 100 Å². The fraction of sp³-hybridized carbons (Fsp3) is 0.514. The van der Waals surface area contributed by atoms with Crippen LogP contribution in [0.15, 0.2) is 49.1 Å². The molecule has 0 radical (unpaired) electrons. The summed E-state index contributed by atoms with van der Waals surface area (Å²) in [5.74, 6) is 2.73. The number of aromatic nitrogens is 5. The number of carbonyl (C=O) groups excluding carboxylic acids is 1. The molecule has 3 aromatic heterocycles. The van der Waals surface area contributed by atoms with Crippen molar-refractivity contribution in [2.75, 3.05) is 64.9 Å². The van der Waals surface area contributed by atoms with Crippen LogP contribution in [0.3, 0.4) is 0 Å². The SMILES string of the molecule is COc1cc2c(cc1OC)[C@]1(CC[C@@H](C(=O)N3CCN(c4ncnc5c4cnn5Cc4ccccn4)CC3)CC1)N(CCCN)CC2. The van der Waals surface area contributed by atoms with Gasteiger partial charge in [0.2, 0.25) is 5.91 Å². The van der Waals surface area contributed by atoms with Gasteiger partial charge in [-0.1, -0.05) is 6.07 Å². The number of hydrogen-bond acceptors (Lipinski definition) is 10. The zero-order valence-electron chi connectivity index (χ0n) is 27.5. The topological polar surface area (TPSA) is 128 Å². The van der Waals surface area contributed by atoms with Crippen molar-refractivity contribution in [3.8, 4) is 11.5 Å². The first-order valence-corrected chi connectivity index (χ1v) is 16.9. The Morgan fingerprint density at radius 2 is 1.79 bits per heavy atom. The van der Waals surface area contributed by atoms with Crippen LogP contribution in [0.1, 0.15) is 48.9 Å². The van der Waals surface area contributed by atoms with Crippen molar-refractivity contribution in [1.29, 1.82) is 0 Å². The molecule has 3 aliphatic rings. The summed E-state index contributed by atoms with van der Waals surface area (Å²) in [4.78, 5) is 34.5. The van der Waals surface area contributed by atoms with Crippen LogP contribution < -0.4 is 20.1 Å². The minimum atomic E-state index is -0.114. The lowest BCUT2D eigenvalue weighted by atomic mass is 9.68. The van der Waals surface area contributed by atoms with E-state index >= 15 is 0 Å². The van der Waals surface area contributed by atoms with E-state index in [9.17, 15) is 4.79 Å². The predicted molar refractivity (Wildman–Crippen MR) is 180 cm³/mol. The quantitative estimate of drug-likeness (QED) is 0.292. The second-order valence-corrected chi connectivity index (χ2v) is 12.9. The van der Waals surface area contributed by atoms with E-state index in [2.05, 4.69) is 46.9 Å². The number of amides is 1. The Morgan fingerprint density at radius 3 is 2.51 bits per heavy atom. The second kappa shape index (κ2) is 13.4. The summed E-state index contributed by atoms with van der Waals surface area (Å²) in [6.07, 6.45) is 10.8. The van der Waals surface area contributed by atoms with Gasteiger partial charge in [0.15, 0.2) is 17.1 Å². The Labute approximate surface area is 275 Å². The van der Waals surface area contributed by atoms with Crippen molar-refractivity contribution in [3.63, 3.8) is 0 Å². The molecule has 5 heterocycles. The summed E-state index contributed by atoms with van der Waals surface area (Å²) in [5, 5.41) is 5.52. The Bertz CT molecular complexity index is 1700. The molecule has 2 aliphatic heterocycles. The van der Waals surface area contributed by atoms with Gasteiger partial charge in [-0.3, -0.25) is 14.7 Å². The molecular formula is C35H45N9O3. The molecule has 1 saturated heterocycles. The Morgan fingerprint density at radius 1 is 1.00 bits per heavy atom. The van der Waals surface area contributed by atoms with E-state index in [0.29, 0.717) is 26.2 Å². The molecule has 248 valence electrons. The standard InChI is InChI=1S/C35H45N9O3/c1-46-30-20-26-9-15-43(14-5-12-36)35(29(26)21-31(30)47-2)10-7-25(8-11-35)34(45)42-18-16-41(17-19-42)32-28-22-40-44(33(28)39-24-38-32)23-27-6-3-4-13-37-27/h3-4,6,13,20-22,24-25H,5,7-12,14-19,23,36H2,1-2H3/t25-,35-. The molecule has 0 unspecified atom stereocenters. The number of nitrogens with zero attached hydrogens (tertiary/aromatic N) is 8. The average molecular weight is 640 g/mol. The molecule has 1 saturated carbocycles. The molecule has 7 rings (SSSR count). The third-order valence-corrected chi connectivity index (χ3v) is 10.5. The normalized spacial score (nSPS) is 21.6. The van der Waals surface area contributed by atoms with Gasteiger partial charge in [-0.15, -0.1) is 0 Å². The molecule has 1 amide bonds. The summed E-state index contributed by atoms with van der Waals surface area (Å²) in [6.45, 7) is 5.97. The molecule has 0 atom stereocenters. The van der Waals surface area contributed by atoms with Crippen molar-refractivity contribution in [2.45, 2.75) is 50.6 Å². The van der Waals surface area contributed by atoms with Gasteiger partial charge in [0.25, 0.3) is 0 Å². The van der Waals surface area contributed by atoms with Crippen LogP contribution in [0.2, 0.25) is 0 Å². The monoisotopic (exact) mass is 639 g/mol. The first-order valence-electron chi connectivity index (χ1n) is 16.9. The molecule has 0 bridgehead atoms. The van der Waals surface area contributed by atoms with Gasteiger partial charge < -0.3 is 25.0 Å².